The van der Waals surface area contributed by atoms with Crippen molar-refractivity contribution in [1.29, 1.82) is 0 Å². The van der Waals surface area contributed by atoms with E-state index in [-0.39, 0.29) is 20.4 Å². The molecule has 0 spiro atoms. The molecule has 0 aromatic heterocycles. The topological polar surface area (TPSA) is 36.4 Å². The van der Waals surface area contributed by atoms with E-state index < -0.39 is 0 Å². The Morgan fingerprint density at radius 3 is 1.44 bits per heavy atom. The van der Waals surface area contributed by atoms with Crippen LogP contribution >= 0.6 is 0 Å². The third-order valence-electron chi connectivity index (χ3n) is 9.01. The van der Waals surface area contributed by atoms with Crippen molar-refractivity contribution in [2.75, 3.05) is 0 Å². The number of nitrogens with zero attached hydrogens (tertiary/aromatic N) is 2. The molecular weight excluding hydrogens is 675 g/mol. The van der Waals surface area contributed by atoms with Crippen LogP contribution in [-0.2, 0) is 39.7 Å². The van der Waals surface area contributed by atoms with Gasteiger partial charge < -0.3 is 19.4 Å². The molecule has 2 aromatic rings. The largest absolute Gasteiger partial charge is 2.00 e. The minimum Gasteiger partial charge on any atom is -0.348 e. The Labute approximate surface area is 313 Å². The van der Waals surface area contributed by atoms with Gasteiger partial charge in [-0.15, -0.1) is 4.79 Å². The maximum atomic E-state index is 9.60. The van der Waals surface area contributed by atoms with E-state index in [2.05, 4.69) is 118 Å². The van der Waals surface area contributed by atoms with E-state index in [0.29, 0.717) is 0 Å². The molecule has 0 atom stereocenters. The van der Waals surface area contributed by atoms with Gasteiger partial charge in [-0.1, -0.05) is 111 Å². The Balaban J connectivity index is 0. The zero-order valence-electron chi connectivity index (χ0n) is 33.0. The molecule has 0 aliphatic carbocycles. The van der Waals surface area contributed by atoms with Crippen LogP contribution < -0.4 is 0 Å². The Morgan fingerprint density at radius 2 is 1.06 bits per heavy atom. The van der Waals surface area contributed by atoms with Crippen molar-refractivity contribution in [3.8, 4) is 0 Å². The first-order chi connectivity index (χ1) is 22.7. The summed E-state index contributed by atoms with van der Waals surface area (Å²) < 4.78 is 0. The van der Waals surface area contributed by atoms with E-state index in [9.17, 15) is 5.53 Å². The predicted molar refractivity (Wildman–Crippen MR) is 211 cm³/mol. The second-order valence-electron chi connectivity index (χ2n) is 13.0. The van der Waals surface area contributed by atoms with Gasteiger partial charge in [0.25, 0.3) is 0 Å². The van der Waals surface area contributed by atoms with Gasteiger partial charge in [0.05, 0.1) is 5.57 Å². The molecule has 48 heavy (non-hydrogen) atoms. The molecule has 0 fully saturated rings. The number of allylic oxidation sites excluding steroid dienone is 2. The van der Waals surface area contributed by atoms with E-state index in [0.717, 1.165) is 56.9 Å². The van der Waals surface area contributed by atoms with Crippen LogP contribution in [0.15, 0.2) is 35.4 Å². The van der Waals surface area contributed by atoms with Crippen LogP contribution in [0.5, 0.6) is 0 Å². The van der Waals surface area contributed by atoms with Crippen molar-refractivity contribution in [3.63, 3.8) is 0 Å². The Bertz CT molecular complexity index is 1210. The zero-order valence-corrected chi connectivity index (χ0v) is 34.5. The van der Waals surface area contributed by atoms with Crippen LogP contribution in [0.4, 0.5) is 0 Å². The minimum absolute atomic E-state index is 0. The normalized spacial score (nSPS) is 10.8. The average Bonchev–Trinajstić information content (AvgIpc) is 3.08. The summed E-state index contributed by atoms with van der Waals surface area (Å²) in [6.45, 7) is 29.5. The van der Waals surface area contributed by atoms with Crippen LogP contribution in [0.1, 0.15) is 183 Å². The van der Waals surface area contributed by atoms with E-state index in [1.807, 2.05) is 0 Å². The number of rotatable bonds is 18. The Hall–Kier alpha value is -2.00. The molecule has 0 unspecified atom stereocenters. The molecule has 0 radical (unpaired) electrons. The first kappa shape index (κ1) is 48.1. The van der Waals surface area contributed by atoms with Crippen LogP contribution in [0, 0.1) is 34.6 Å². The van der Waals surface area contributed by atoms with Gasteiger partial charge in [0.2, 0.25) is 0 Å². The summed E-state index contributed by atoms with van der Waals surface area (Å²) in [5, 5.41) is 0. The molecule has 0 heterocycles. The van der Waals surface area contributed by atoms with Crippen molar-refractivity contribution < 1.29 is 25.2 Å². The smallest absolute Gasteiger partial charge is 0.348 e. The SMILES string of the molecule is CCCCC(=C=[N+]=[N-])C(CC)=C(c1cc(C)c(C)c(C)c1)c1cc(CCCC)c(CCCC)c(CCCC)c1.[CH2-]CCC.[CH2-]CCC.[Pd+2]. The van der Waals surface area contributed by atoms with Crippen LogP contribution in [0.3, 0.4) is 0 Å². The van der Waals surface area contributed by atoms with Gasteiger partial charge in [-0.05, 0) is 134 Å². The fraction of sp³-hybridized carbons (Fsp3) is 0.600. The number of hydrogen-bond acceptors (Lipinski definition) is 0. The van der Waals surface area contributed by atoms with E-state index in [1.165, 1.54) is 108 Å². The maximum absolute atomic E-state index is 9.60. The summed E-state index contributed by atoms with van der Waals surface area (Å²) >= 11 is 0. The first-order valence-electron chi connectivity index (χ1n) is 19.2. The summed E-state index contributed by atoms with van der Waals surface area (Å²) in [6, 6.07) is 9.75. The molecule has 272 valence electrons. The fourth-order valence-corrected chi connectivity index (χ4v) is 5.72. The monoisotopic (exact) mass is 746 g/mol. The van der Waals surface area contributed by atoms with Gasteiger partial charge in [0.15, 0.2) is 0 Å². The van der Waals surface area contributed by atoms with Gasteiger partial charge in [-0.3, -0.25) is 0 Å². The van der Waals surface area contributed by atoms with Gasteiger partial charge in [0.1, 0.15) is 0 Å². The number of unbranched alkanes of at least 4 members (excludes halogenated alkanes) is 6. The standard InChI is InChI=1S/C37H54N2.2C4H9.Pd/c1-9-14-18-30-24-34(25-31(19-15-10-2)36(30)21-17-12-4)37(33-22-27(6)29(8)28(7)23-33)35(13-5)32(26-39-38)20-16-11-3;2*1-3-4-2;/h22-25H,9-21H2,1-8H3;2*1,3-4H2,2H3;/q;2*-1;+2. The van der Waals surface area contributed by atoms with E-state index in [4.69, 9.17) is 0 Å². The summed E-state index contributed by atoms with van der Waals surface area (Å²) in [7, 11) is 0. The molecule has 0 bridgehead atoms. The average molecular weight is 748 g/mol. The molecule has 0 aliphatic rings. The molecule has 0 N–H and O–H groups in total. The summed E-state index contributed by atoms with van der Waals surface area (Å²) in [5.41, 5.74) is 24.5. The molecule has 3 heteroatoms. The van der Waals surface area contributed by atoms with Crippen LogP contribution in [-0.4, -0.2) is 10.7 Å². The fourth-order valence-electron chi connectivity index (χ4n) is 5.72. The summed E-state index contributed by atoms with van der Waals surface area (Å²) in [4.78, 5) is 3.42. The third-order valence-corrected chi connectivity index (χ3v) is 9.01. The molecule has 2 nitrogen and oxygen atoms in total. The molecule has 0 amide bonds. The number of aryl methyl sites for hydroxylation is 4. The van der Waals surface area contributed by atoms with Gasteiger partial charge >= 0.3 is 26.3 Å². The molecule has 0 aliphatic heterocycles. The Morgan fingerprint density at radius 1 is 0.646 bits per heavy atom. The number of benzene rings is 2. The summed E-state index contributed by atoms with van der Waals surface area (Å²) in [5.74, 6) is 3.01. The second kappa shape index (κ2) is 29.9. The molecule has 2 aromatic carbocycles. The quantitative estimate of drug-likeness (QED) is 0.0364. The second-order valence-corrected chi connectivity index (χ2v) is 13.0. The zero-order chi connectivity index (χ0) is 35.6. The molecule has 0 saturated heterocycles. The van der Waals surface area contributed by atoms with Crippen LogP contribution in [0.25, 0.3) is 11.1 Å². The van der Waals surface area contributed by atoms with Crippen molar-refractivity contribution >= 4 is 11.4 Å². The van der Waals surface area contributed by atoms with Crippen molar-refractivity contribution in [3.05, 3.63) is 99.3 Å². The van der Waals surface area contributed by atoms with Crippen LogP contribution in [0.2, 0.25) is 0 Å². The van der Waals surface area contributed by atoms with Crippen molar-refractivity contribution in [2.24, 2.45) is 0 Å². The minimum atomic E-state index is 0. The van der Waals surface area contributed by atoms with E-state index >= 15 is 0 Å². The summed E-state index contributed by atoms with van der Waals surface area (Å²) in [6.07, 6.45) is 19.2. The van der Waals surface area contributed by atoms with Gasteiger partial charge in [0, 0.05) is 0 Å². The number of hydrogen-bond donors (Lipinski definition) is 0. The molecular formula is C45H72N2Pd. The third kappa shape index (κ3) is 17.1. The van der Waals surface area contributed by atoms with Gasteiger partial charge in [-0.25, -0.2) is 0 Å². The van der Waals surface area contributed by atoms with E-state index in [1.54, 1.807) is 5.56 Å². The molecule has 2 rings (SSSR count). The van der Waals surface area contributed by atoms with Crippen molar-refractivity contribution in [2.45, 2.75) is 178 Å². The van der Waals surface area contributed by atoms with Gasteiger partial charge in [-0.2, -0.15) is 12.8 Å². The predicted octanol–water partition coefficient (Wildman–Crippen LogP) is 14.1. The maximum Gasteiger partial charge on any atom is 2.00 e. The first-order valence-corrected chi connectivity index (χ1v) is 19.2. The van der Waals surface area contributed by atoms with Crippen molar-refractivity contribution in [1.82, 2.24) is 0 Å². The Kier molecular flexibility index (Phi) is 30.0. The molecule has 0 saturated carbocycles.